The molecular weight excluding hydrogens is 339 g/mol. The fourth-order valence-corrected chi connectivity index (χ4v) is 3.60. The number of benzene rings is 1. The number of carbonyl (C=O) groups is 1. The second kappa shape index (κ2) is 7.44. The minimum atomic E-state index is -0.316. The molecule has 1 aliphatic carbocycles. The van der Waals surface area contributed by atoms with Crippen LogP contribution in [0.2, 0.25) is 0 Å². The molecule has 0 saturated carbocycles. The molecule has 1 aromatic carbocycles. The number of carbonyl (C=O) groups excluding carboxylic acids is 1. The minimum absolute atomic E-state index is 0.00240. The van der Waals surface area contributed by atoms with E-state index in [4.69, 9.17) is 14.0 Å². The predicted octanol–water partition coefficient (Wildman–Crippen LogP) is 4.98. The molecule has 0 unspecified atom stereocenters. The van der Waals surface area contributed by atoms with Crippen molar-refractivity contribution in [2.75, 3.05) is 6.61 Å². The molecular formula is C22H31BO4. The van der Waals surface area contributed by atoms with Gasteiger partial charge in [-0.05, 0) is 71.0 Å². The van der Waals surface area contributed by atoms with Crippen LogP contribution in [-0.4, -0.2) is 30.9 Å². The van der Waals surface area contributed by atoms with Crippen molar-refractivity contribution in [2.45, 2.75) is 71.5 Å². The SMILES string of the molecule is CC[C@]1(COC(=O)c2ccccc2)CC=C(B2OC(C)(C)C(C)(C)O2)CC1. The molecule has 1 atom stereocenters. The van der Waals surface area contributed by atoms with Crippen LogP contribution in [0.4, 0.5) is 0 Å². The maximum Gasteiger partial charge on any atom is 0.490 e. The van der Waals surface area contributed by atoms with E-state index in [2.05, 4.69) is 40.7 Å². The molecule has 0 radical (unpaired) electrons. The number of rotatable bonds is 5. The molecule has 1 saturated heterocycles. The first-order chi connectivity index (χ1) is 12.7. The van der Waals surface area contributed by atoms with Gasteiger partial charge in [-0.1, -0.05) is 31.2 Å². The van der Waals surface area contributed by atoms with E-state index in [-0.39, 0.29) is 29.7 Å². The first-order valence-corrected chi connectivity index (χ1v) is 9.95. The van der Waals surface area contributed by atoms with Crippen LogP contribution in [0.25, 0.3) is 0 Å². The lowest BCUT2D eigenvalue weighted by Gasteiger charge is -2.35. The van der Waals surface area contributed by atoms with E-state index in [1.165, 1.54) is 5.47 Å². The molecule has 1 heterocycles. The standard InChI is InChI=1S/C22H31BO4/c1-6-22(16-25-19(24)17-10-8-7-9-11-17)14-12-18(13-15-22)23-26-20(2,3)21(4,5)27-23/h7-12H,6,13-16H2,1-5H3/t22-/m0/s1. The van der Waals surface area contributed by atoms with Crippen LogP contribution in [0, 0.1) is 5.41 Å². The molecule has 4 nitrogen and oxygen atoms in total. The third kappa shape index (κ3) is 4.14. The van der Waals surface area contributed by atoms with Crippen LogP contribution in [0.1, 0.15) is 70.7 Å². The molecule has 0 bridgehead atoms. The van der Waals surface area contributed by atoms with Gasteiger partial charge in [-0.2, -0.15) is 0 Å². The Morgan fingerprint density at radius 3 is 2.26 bits per heavy atom. The van der Waals surface area contributed by atoms with Gasteiger partial charge in [0.25, 0.3) is 0 Å². The Morgan fingerprint density at radius 2 is 1.74 bits per heavy atom. The molecule has 0 N–H and O–H groups in total. The first kappa shape index (κ1) is 20.2. The first-order valence-electron chi connectivity index (χ1n) is 9.95. The minimum Gasteiger partial charge on any atom is -0.461 e. The fourth-order valence-electron chi connectivity index (χ4n) is 3.60. The van der Waals surface area contributed by atoms with Crippen LogP contribution in [0.5, 0.6) is 0 Å². The summed E-state index contributed by atoms with van der Waals surface area (Å²) in [7, 11) is -0.267. The number of hydrogen-bond acceptors (Lipinski definition) is 4. The van der Waals surface area contributed by atoms with Gasteiger partial charge in [-0.15, -0.1) is 0 Å². The van der Waals surface area contributed by atoms with Gasteiger partial charge in [0.05, 0.1) is 23.4 Å². The van der Waals surface area contributed by atoms with Crippen molar-refractivity contribution >= 4 is 13.1 Å². The van der Waals surface area contributed by atoms with Crippen molar-refractivity contribution in [1.29, 1.82) is 0 Å². The zero-order chi connectivity index (χ0) is 19.7. The average molecular weight is 370 g/mol. The smallest absolute Gasteiger partial charge is 0.461 e. The van der Waals surface area contributed by atoms with Crippen molar-refractivity contribution < 1.29 is 18.8 Å². The molecule has 0 amide bonds. The van der Waals surface area contributed by atoms with Crippen LogP contribution < -0.4 is 0 Å². The van der Waals surface area contributed by atoms with Gasteiger partial charge in [0.2, 0.25) is 0 Å². The zero-order valence-electron chi connectivity index (χ0n) is 17.2. The van der Waals surface area contributed by atoms with Crippen molar-refractivity contribution in [1.82, 2.24) is 0 Å². The number of esters is 1. The summed E-state index contributed by atoms with van der Waals surface area (Å²) >= 11 is 0. The van der Waals surface area contributed by atoms with Crippen LogP contribution in [0.15, 0.2) is 41.9 Å². The average Bonchev–Trinajstić information content (AvgIpc) is 2.88. The largest absolute Gasteiger partial charge is 0.490 e. The van der Waals surface area contributed by atoms with Gasteiger partial charge in [-0.3, -0.25) is 0 Å². The Bertz CT molecular complexity index is 694. The Kier molecular flexibility index (Phi) is 5.55. The van der Waals surface area contributed by atoms with Gasteiger partial charge in [0.1, 0.15) is 0 Å². The summed E-state index contributed by atoms with van der Waals surface area (Å²) in [6.07, 6.45) is 5.98. The molecule has 5 heteroatoms. The lowest BCUT2D eigenvalue weighted by molar-refractivity contribution is 0.00578. The van der Waals surface area contributed by atoms with Crippen LogP contribution in [0.3, 0.4) is 0 Å². The normalized spacial score (nSPS) is 26.6. The summed E-state index contributed by atoms with van der Waals surface area (Å²) in [5.41, 5.74) is 1.18. The van der Waals surface area contributed by atoms with Crippen LogP contribution >= 0.6 is 0 Å². The van der Waals surface area contributed by atoms with E-state index < -0.39 is 0 Å². The second-order valence-corrected chi connectivity index (χ2v) is 8.87. The molecule has 1 aromatic rings. The van der Waals surface area contributed by atoms with Crippen molar-refractivity contribution in [3.63, 3.8) is 0 Å². The highest BCUT2D eigenvalue weighted by Gasteiger charge is 2.52. The van der Waals surface area contributed by atoms with Crippen molar-refractivity contribution in [3.05, 3.63) is 47.4 Å². The highest BCUT2D eigenvalue weighted by Crippen LogP contribution is 2.44. The van der Waals surface area contributed by atoms with Crippen molar-refractivity contribution in [2.24, 2.45) is 5.41 Å². The van der Waals surface area contributed by atoms with E-state index >= 15 is 0 Å². The second-order valence-electron chi connectivity index (χ2n) is 8.87. The van der Waals surface area contributed by atoms with Gasteiger partial charge >= 0.3 is 13.1 Å². The molecule has 2 aliphatic rings. The summed E-state index contributed by atoms with van der Waals surface area (Å²) in [5.74, 6) is -0.246. The fraction of sp³-hybridized carbons (Fsp3) is 0.591. The summed E-state index contributed by atoms with van der Waals surface area (Å²) in [4.78, 5) is 12.3. The van der Waals surface area contributed by atoms with E-state index in [0.29, 0.717) is 12.2 Å². The number of hydrogen-bond donors (Lipinski definition) is 0. The van der Waals surface area contributed by atoms with Crippen molar-refractivity contribution in [3.8, 4) is 0 Å². The van der Waals surface area contributed by atoms with E-state index in [1.54, 1.807) is 12.1 Å². The Balaban J connectivity index is 1.62. The maximum absolute atomic E-state index is 12.3. The topological polar surface area (TPSA) is 44.8 Å². The molecule has 1 fully saturated rings. The van der Waals surface area contributed by atoms with Crippen LogP contribution in [-0.2, 0) is 14.0 Å². The van der Waals surface area contributed by atoms with Gasteiger partial charge in [-0.25, -0.2) is 4.79 Å². The molecule has 1 aliphatic heterocycles. The number of allylic oxidation sites excluding steroid dienone is 2. The molecule has 146 valence electrons. The van der Waals surface area contributed by atoms with Gasteiger partial charge in [0.15, 0.2) is 0 Å². The monoisotopic (exact) mass is 370 g/mol. The third-order valence-corrected chi connectivity index (χ3v) is 6.57. The summed E-state index contributed by atoms with van der Waals surface area (Å²) in [6, 6.07) is 9.18. The Morgan fingerprint density at radius 1 is 1.11 bits per heavy atom. The lowest BCUT2D eigenvalue weighted by Crippen LogP contribution is -2.41. The Labute approximate surface area is 163 Å². The summed E-state index contributed by atoms with van der Waals surface area (Å²) in [6.45, 7) is 10.9. The molecule has 0 aromatic heterocycles. The molecule has 0 spiro atoms. The molecule has 3 rings (SSSR count). The third-order valence-electron chi connectivity index (χ3n) is 6.57. The predicted molar refractivity (Wildman–Crippen MR) is 107 cm³/mol. The highest BCUT2D eigenvalue weighted by atomic mass is 16.7. The zero-order valence-corrected chi connectivity index (χ0v) is 17.2. The van der Waals surface area contributed by atoms with E-state index in [1.807, 2.05) is 18.2 Å². The van der Waals surface area contributed by atoms with E-state index in [9.17, 15) is 4.79 Å². The molecule has 27 heavy (non-hydrogen) atoms. The summed E-state index contributed by atoms with van der Waals surface area (Å²) < 4.78 is 18.0. The van der Waals surface area contributed by atoms with Gasteiger partial charge in [0, 0.05) is 5.41 Å². The highest BCUT2D eigenvalue weighted by molar-refractivity contribution is 6.54. The van der Waals surface area contributed by atoms with Gasteiger partial charge < -0.3 is 14.0 Å². The number of ether oxygens (including phenoxy) is 1. The lowest BCUT2D eigenvalue weighted by atomic mass is 9.65. The Hall–Kier alpha value is -1.59. The van der Waals surface area contributed by atoms with E-state index in [0.717, 1.165) is 25.7 Å². The summed E-state index contributed by atoms with van der Waals surface area (Å²) in [5, 5.41) is 0. The quantitative estimate of drug-likeness (QED) is 0.542. The maximum atomic E-state index is 12.3.